The van der Waals surface area contributed by atoms with Crippen LogP contribution in [-0.4, -0.2) is 24.3 Å². The maximum absolute atomic E-state index is 13.1. The largest absolute Gasteiger partial charge is 0.351 e. The van der Waals surface area contributed by atoms with Crippen LogP contribution < -0.4 is 10.4 Å². The lowest BCUT2D eigenvalue weighted by molar-refractivity contribution is -0.159. The number of benzene rings is 2. The van der Waals surface area contributed by atoms with Crippen molar-refractivity contribution in [2.75, 3.05) is 11.4 Å². The topological polar surface area (TPSA) is 75.7 Å². The third kappa shape index (κ3) is 4.01. The Hall–Kier alpha value is -3.15. The molecule has 0 aromatic heterocycles. The summed E-state index contributed by atoms with van der Waals surface area (Å²) in [5.41, 5.74) is 4.72. The third-order valence-electron chi connectivity index (χ3n) is 5.71. The smallest absolute Gasteiger partial charge is 0.339 e. The van der Waals surface area contributed by atoms with Crippen LogP contribution in [0.1, 0.15) is 49.1 Å². The van der Waals surface area contributed by atoms with Crippen LogP contribution in [0, 0.1) is 5.92 Å². The van der Waals surface area contributed by atoms with E-state index in [0.29, 0.717) is 5.69 Å². The van der Waals surface area contributed by atoms with Crippen LogP contribution in [0.5, 0.6) is 0 Å². The van der Waals surface area contributed by atoms with Gasteiger partial charge in [0.1, 0.15) is 6.54 Å². The van der Waals surface area contributed by atoms with E-state index < -0.39 is 11.9 Å². The Morgan fingerprint density at radius 2 is 1.66 bits per heavy atom. The van der Waals surface area contributed by atoms with Gasteiger partial charge in [-0.1, -0.05) is 67.8 Å². The van der Waals surface area contributed by atoms with Gasteiger partial charge in [0.05, 0.1) is 5.92 Å². The molecule has 4 rings (SSSR count). The van der Waals surface area contributed by atoms with Gasteiger partial charge < -0.3 is 4.84 Å². The molecule has 1 aliphatic carbocycles. The Balaban J connectivity index is 1.44. The van der Waals surface area contributed by atoms with Gasteiger partial charge in [-0.25, -0.2) is 4.79 Å². The van der Waals surface area contributed by atoms with Crippen LogP contribution in [0.25, 0.3) is 0 Å². The minimum atomic E-state index is -0.661. The summed E-state index contributed by atoms with van der Waals surface area (Å²) in [7, 11) is 0. The first-order chi connectivity index (χ1) is 14.1. The van der Waals surface area contributed by atoms with E-state index in [2.05, 4.69) is 5.48 Å². The summed E-state index contributed by atoms with van der Waals surface area (Å²) >= 11 is 0. The fourth-order valence-corrected chi connectivity index (χ4v) is 4.23. The van der Waals surface area contributed by atoms with Gasteiger partial charge in [0.2, 0.25) is 5.91 Å². The summed E-state index contributed by atoms with van der Waals surface area (Å²) < 4.78 is 0. The lowest BCUT2D eigenvalue weighted by atomic mass is 9.89. The average Bonchev–Trinajstić information content (AvgIpc) is 3.04. The van der Waals surface area contributed by atoms with Gasteiger partial charge in [0.15, 0.2) is 0 Å². The predicted molar refractivity (Wildman–Crippen MR) is 108 cm³/mol. The molecule has 1 atom stereocenters. The lowest BCUT2D eigenvalue weighted by Gasteiger charge is -2.21. The van der Waals surface area contributed by atoms with Crippen molar-refractivity contribution in [2.24, 2.45) is 5.92 Å². The van der Waals surface area contributed by atoms with E-state index in [-0.39, 0.29) is 24.3 Å². The summed E-state index contributed by atoms with van der Waals surface area (Å²) in [6, 6.07) is 16.9. The Bertz CT molecular complexity index is 906. The number of para-hydroxylation sites is 1. The van der Waals surface area contributed by atoms with Crippen molar-refractivity contribution in [1.29, 1.82) is 0 Å². The third-order valence-corrected chi connectivity index (χ3v) is 5.71. The molecule has 0 bridgehead atoms. The number of rotatable bonds is 4. The summed E-state index contributed by atoms with van der Waals surface area (Å²) in [4.78, 5) is 44.1. The first-order valence-electron chi connectivity index (χ1n) is 10.1. The molecule has 0 saturated heterocycles. The second-order valence-corrected chi connectivity index (χ2v) is 7.60. The van der Waals surface area contributed by atoms with Crippen LogP contribution in [0.15, 0.2) is 54.6 Å². The Morgan fingerprint density at radius 3 is 2.41 bits per heavy atom. The number of anilines is 1. The zero-order chi connectivity index (χ0) is 20.2. The minimum Gasteiger partial charge on any atom is -0.339 e. The summed E-state index contributed by atoms with van der Waals surface area (Å²) in [6.45, 7) is -0.246. The molecule has 0 spiro atoms. The van der Waals surface area contributed by atoms with Crippen molar-refractivity contribution < 1.29 is 19.2 Å². The van der Waals surface area contributed by atoms with E-state index in [0.717, 1.165) is 43.2 Å². The number of hydroxylamine groups is 1. The number of nitrogens with zero attached hydrogens (tertiary/aromatic N) is 1. The van der Waals surface area contributed by atoms with E-state index >= 15 is 0 Å². The molecule has 6 nitrogen and oxygen atoms in total. The second kappa shape index (κ2) is 8.47. The molecule has 2 aliphatic rings. The van der Waals surface area contributed by atoms with Gasteiger partial charge >= 0.3 is 5.97 Å². The highest BCUT2D eigenvalue weighted by Gasteiger charge is 2.39. The molecule has 0 radical (unpaired) electrons. The highest BCUT2D eigenvalue weighted by molar-refractivity contribution is 6.09. The Morgan fingerprint density at radius 1 is 0.966 bits per heavy atom. The molecule has 2 aromatic rings. The first-order valence-corrected chi connectivity index (χ1v) is 10.1. The molecule has 150 valence electrons. The van der Waals surface area contributed by atoms with Crippen LogP contribution in [0.2, 0.25) is 0 Å². The zero-order valence-corrected chi connectivity index (χ0v) is 16.2. The van der Waals surface area contributed by atoms with Crippen molar-refractivity contribution >= 4 is 23.5 Å². The fraction of sp³-hybridized carbons (Fsp3) is 0.348. The monoisotopic (exact) mass is 392 g/mol. The Labute approximate surface area is 169 Å². The van der Waals surface area contributed by atoms with Gasteiger partial charge in [0.25, 0.3) is 5.91 Å². The SMILES string of the molecule is O=C(CN1C(=O)C(c2ccccc2)c2ccccc21)ONC(=O)C1CCCCC1. The van der Waals surface area contributed by atoms with E-state index in [1.54, 1.807) is 0 Å². The molecule has 1 fully saturated rings. The first kappa shape index (κ1) is 19.2. The molecular weight excluding hydrogens is 368 g/mol. The van der Waals surface area contributed by atoms with Crippen molar-refractivity contribution in [1.82, 2.24) is 5.48 Å². The van der Waals surface area contributed by atoms with Gasteiger partial charge in [-0.15, -0.1) is 0 Å². The lowest BCUT2D eigenvalue weighted by Crippen LogP contribution is -2.39. The molecule has 1 unspecified atom stereocenters. The van der Waals surface area contributed by atoms with Crippen LogP contribution in [0.4, 0.5) is 5.69 Å². The average molecular weight is 392 g/mol. The maximum atomic E-state index is 13.1. The highest BCUT2D eigenvalue weighted by Crippen LogP contribution is 2.40. The van der Waals surface area contributed by atoms with E-state index in [1.165, 1.54) is 4.90 Å². The molecule has 29 heavy (non-hydrogen) atoms. The molecule has 1 saturated carbocycles. The fourth-order valence-electron chi connectivity index (χ4n) is 4.23. The predicted octanol–water partition coefficient (Wildman–Crippen LogP) is 3.32. The highest BCUT2D eigenvalue weighted by atomic mass is 16.7. The number of hydrogen-bond donors (Lipinski definition) is 1. The normalized spacial score (nSPS) is 19.0. The van der Waals surface area contributed by atoms with E-state index in [4.69, 9.17) is 4.84 Å². The molecule has 1 N–H and O–H groups in total. The van der Waals surface area contributed by atoms with Gasteiger partial charge in [0, 0.05) is 11.6 Å². The number of hydrogen-bond acceptors (Lipinski definition) is 4. The maximum Gasteiger partial charge on any atom is 0.351 e. The van der Waals surface area contributed by atoms with Crippen LogP contribution >= 0.6 is 0 Å². The molecule has 6 heteroatoms. The van der Waals surface area contributed by atoms with Crippen molar-refractivity contribution in [3.8, 4) is 0 Å². The number of nitrogens with one attached hydrogen (secondary N) is 1. The molecule has 1 aliphatic heterocycles. The van der Waals surface area contributed by atoms with Gasteiger partial charge in [-0.05, 0) is 30.0 Å². The number of carbonyl (C=O) groups is 3. The van der Waals surface area contributed by atoms with Gasteiger partial charge in [-0.3, -0.25) is 14.5 Å². The van der Waals surface area contributed by atoms with E-state index in [9.17, 15) is 14.4 Å². The summed E-state index contributed by atoms with van der Waals surface area (Å²) in [5, 5.41) is 0. The molecular formula is C23H24N2O4. The zero-order valence-electron chi connectivity index (χ0n) is 16.2. The molecule has 2 aromatic carbocycles. The van der Waals surface area contributed by atoms with E-state index in [1.807, 2.05) is 54.6 Å². The Kier molecular flexibility index (Phi) is 5.60. The molecule has 1 heterocycles. The van der Waals surface area contributed by atoms with Crippen molar-refractivity contribution in [3.63, 3.8) is 0 Å². The summed E-state index contributed by atoms with van der Waals surface area (Å²) in [6.07, 6.45) is 4.82. The van der Waals surface area contributed by atoms with Gasteiger partial charge in [-0.2, -0.15) is 5.48 Å². The number of carbonyl (C=O) groups excluding carboxylic acids is 3. The summed E-state index contributed by atoms with van der Waals surface area (Å²) in [5.74, 6) is -1.64. The van der Waals surface area contributed by atoms with Crippen LogP contribution in [0.3, 0.4) is 0 Å². The minimum absolute atomic E-state index is 0.104. The quantitative estimate of drug-likeness (QED) is 0.810. The molecule has 2 amide bonds. The standard InChI is InChI=1S/C23H24N2O4/c26-20(29-24-22(27)17-11-5-2-6-12-17)15-25-19-14-8-7-13-18(19)21(23(25)28)16-9-3-1-4-10-16/h1,3-4,7-10,13-14,17,21H,2,5-6,11-12,15H2,(H,24,27). The number of amides is 2. The number of fused-ring (bicyclic) bond motifs is 1. The second-order valence-electron chi connectivity index (χ2n) is 7.60. The van der Waals surface area contributed by atoms with Crippen molar-refractivity contribution in [2.45, 2.75) is 38.0 Å². The van der Waals surface area contributed by atoms with Crippen LogP contribution in [-0.2, 0) is 19.2 Å². The van der Waals surface area contributed by atoms with Crippen molar-refractivity contribution in [3.05, 3.63) is 65.7 Å².